The number of piperazine rings is 1. The standard InChI is InChI=1S/C23H30N4O2/c1-3-21(18-8-6-5-7-9-18)22(28)25-19-10-12-20(13-11-19)26-14-16-27(17-15-26)23(29)24-4-2/h5-13,21H,3-4,14-17H2,1-2H3,(H,24,29)(H,25,28). The monoisotopic (exact) mass is 394 g/mol. The van der Waals surface area contributed by atoms with Crippen molar-refractivity contribution in [1.82, 2.24) is 10.2 Å². The van der Waals surface area contributed by atoms with Crippen molar-refractivity contribution in [3.8, 4) is 0 Å². The van der Waals surface area contributed by atoms with E-state index in [9.17, 15) is 9.59 Å². The topological polar surface area (TPSA) is 64.7 Å². The van der Waals surface area contributed by atoms with Crippen molar-refractivity contribution in [2.24, 2.45) is 0 Å². The predicted molar refractivity (Wildman–Crippen MR) is 117 cm³/mol. The summed E-state index contributed by atoms with van der Waals surface area (Å²) >= 11 is 0. The SMILES string of the molecule is CCNC(=O)N1CCN(c2ccc(NC(=O)C(CC)c3ccccc3)cc2)CC1. The van der Waals surface area contributed by atoms with Gasteiger partial charge in [-0.3, -0.25) is 4.79 Å². The van der Waals surface area contributed by atoms with Gasteiger partial charge in [0, 0.05) is 44.1 Å². The van der Waals surface area contributed by atoms with Crippen molar-refractivity contribution in [3.63, 3.8) is 0 Å². The third-order valence-electron chi connectivity index (χ3n) is 5.32. The van der Waals surface area contributed by atoms with Crippen molar-refractivity contribution in [1.29, 1.82) is 0 Å². The van der Waals surface area contributed by atoms with Crippen LogP contribution in [0.15, 0.2) is 54.6 Å². The van der Waals surface area contributed by atoms with E-state index in [0.717, 1.165) is 36.4 Å². The Morgan fingerprint density at radius 1 is 0.931 bits per heavy atom. The molecule has 154 valence electrons. The minimum absolute atomic E-state index is 0.00843. The lowest BCUT2D eigenvalue weighted by Crippen LogP contribution is -2.51. The van der Waals surface area contributed by atoms with Crippen molar-refractivity contribution >= 4 is 23.3 Å². The highest BCUT2D eigenvalue weighted by molar-refractivity contribution is 5.96. The molecular weight excluding hydrogens is 364 g/mol. The molecule has 6 nitrogen and oxygen atoms in total. The number of rotatable bonds is 6. The summed E-state index contributed by atoms with van der Waals surface area (Å²) in [6, 6.07) is 17.8. The van der Waals surface area contributed by atoms with Crippen LogP contribution in [0.25, 0.3) is 0 Å². The van der Waals surface area contributed by atoms with E-state index in [1.807, 2.05) is 73.3 Å². The summed E-state index contributed by atoms with van der Waals surface area (Å²) in [6.07, 6.45) is 0.754. The van der Waals surface area contributed by atoms with E-state index >= 15 is 0 Å². The van der Waals surface area contributed by atoms with Gasteiger partial charge in [-0.05, 0) is 43.2 Å². The number of nitrogens with one attached hydrogen (secondary N) is 2. The summed E-state index contributed by atoms with van der Waals surface area (Å²) in [4.78, 5) is 28.8. The molecule has 6 heteroatoms. The summed E-state index contributed by atoms with van der Waals surface area (Å²) in [5, 5.41) is 5.89. The maximum atomic E-state index is 12.7. The molecule has 0 radical (unpaired) electrons. The molecule has 29 heavy (non-hydrogen) atoms. The Kier molecular flexibility index (Phi) is 7.11. The molecule has 2 aromatic rings. The molecule has 1 fully saturated rings. The van der Waals surface area contributed by atoms with E-state index in [-0.39, 0.29) is 17.9 Å². The van der Waals surface area contributed by atoms with Gasteiger partial charge in [0.15, 0.2) is 0 Å². The van der Waals surface area contributed by atoms with E-state index in [1.165, 1.54) is 0 Å². The molecule has 0 bridgehead atoms. The smallest absolute Gasteiger partial charge is 0.317 e. The zero-order chi connectivity index (χ0) is 20.6. The Morgan fingerprint density at radius 2 is 1.59 bits per heavy atom. The molecule has 0 aliphatic carbocycles. The fraction of sp³-hybridized carbons (Fsp3) is 0.391. The van der Waals surface area contributed by atoms with Crippen LogP contribution in [0.4, 0.5) is 16.2 Å². The number of carbonyl (C=O) groups is 2. The van der Waals surface area contributed by atoms with Crippen molar-refractivity contribution in [2.45, 2.75) is 26.2 Å². The molecule has 1 atom stereocenters. The van der Waals surface area contributed by atoms with E-state index in [1.54, 1.807) is 0 Å². The number of hydrogen-bond donors (Lipinski definition) is 2. The minimum Gasteiger partial charge on any atom is -0.368 e. The number of carbonyl (C=O) groups excluding carboxylic acids is 2. The van der Waals surface area contributed by atoms with Crippen LogP contribution in [0.3, 0.4) is 0 Å². The van der Waals surface area contributed by atoms with Crippen molar-refractivity contribution in [3.05, 3.63) is 60.2 Å². The Morgan fingerprint density at radius 3 is 2.17 bits per heavy atom. The van der Waals surface area contributed by atoms with Crippen LogP contribution in [0.5, 0.6) is 0 Å². The van der Waals surface area contributed by atoms with Gasteiger partial charge in [-0.15, -0.1) is 0 Å². The number of hydrogen-bond acceptors (Lipinski definition) is 3. The van der Waals surface area contributed by atoms with Crippen LogP contribution >= 0.6 is 0 Å². The van der Waals surface area contributed by atoms with Crippen LogP contribution in [-0.2, 0) is 4.79 Å². The number of anilines is 2. The first-order chi connectivity index (χ1) is 14.1. The molecular formula is C23H30N4O2. The van der Waals surface area contributed by atoms with Crippen LogP contribution in [0.1, 0.15) is 31.7 Å². The van der Waals surface area contributed by atoms with Crippen molar-refractivity contribution < 1.29 is 9.59 Å². The average Bonchev–Trinajstić information content (AvgIpc) is 2.76. The number of urea groups is 1. The maximum Gasteiger partial charge on any atom is 0.317 e. The third-order valence-corrected chi connectivity index (χ3v) is 5.32. The van der Waals surface area contributed by atoms with Gasteiger partial charge in [0.25, 0.3) is 0 Å². The van der Waals surface area contributed by atoms with Gasteiger partial charge in [-0.1, -0.05) is 37.3 Å². The number of amides is 3. The highest BCUT2D eigenvalue weighted by atomic mass is 16.2. The molecule has 1 aliphatic rings. The fourth-order valence-electron chi connectivity index (χ4n) is 3.67. The second-order valence-electron chi connectivity index (χ2n) is 7.22. The molecule has 2 N–H and O–H groups in total. The second kappa shape index (κ2) is 9.96. The lowest BCUT2D eigenvalue weighted by Gasteiger charge is -2.36. The molecule has 0 aromatic heterocycles. The lowest BCUT2D eigenvalue weighted by atomic mass is 9.95. The summed E-state index contributed by atoms with van der Waals surface area (Å²) in [6.45, 7) is 7.62. The molecule has 1 heterocycles. The van der Waals surface area contributed by atoms with Crippen LogP contribution in [-0.4, -0.2) is 49.6 Å². The molecule has 1 unspecified atom stereocenters. The van der Waals surface area contributed by atoms with E-state index in [2.05, 4.69) is 15.5 Å². The zero-order valence-electron chi connectivity index (χ0n) is 17.2. The Balaban J connectivity index is 1.56. The first-order valence-corrected chi connectivity index (χ1v) is 10.4. The first-order valence-electron chi connectivity index (χ1n) is 10.4. The van der Waals surface area contributed by atoms with Gasteiger partial charge < -0.3 is 20.4 Å². The lowest BCUT2D eigenvalue weighted by molar-refractivity contribution is -0.117. The molecule has 2 aromatic carbocycles. The van der Waals surface area contributed by atoms with Crippen LogP contribution < -0.4 is 15.5 Å². The third kappa shape index (κ3) is 5.28. The molecule has 1 aliphatic heterocycles. The second-order valence-corrected chi connectivity index (χ2v) is 7.22. The molecule has 1 saturated heterocycles. The summed E-state index contributed by atoms with van der Waals surface area (Å²) in [7, 11) is 0. The van der Waals surface area contributed by atoms with Gasteiger partial charge in [0.1, 0.15) is 0 Å². The molecule has 3 rings (SSSR count). The molecule has 0 spiro atoms. The van der Waals surface area contributed by atoms with Gasteiger partial charge in [0.2, 0.25) is 5.91 Å². The minimum atomic E-state index is -0.154. The summed E-state index contributed by atoms with van der Waals surface area (Å²) in [5.74, 6) is -0.139. The molecule has 3 amide bonds. The largest absolute Gasteiger partial charge is 0.368 e. The highest BCUT2D eigenvalue weighted by Crippen LogP contribution is 2.23. The highest BCUT2D eigenvalue weighted by Gasteiger charge is 2.21. The summed E-state index contributed by atoms with van der Waals surface area (Å²) in [5.41, 5.74) is 2.94. The van der Waals surface area contributed by atoms with Crippen LogP contribution in [0, 0.1) is 0 Å². The first kappa shape index (κ1) is 20.7. The Bertz CT molecular complexity index is 799. The zero-order valence-corrected chi connectivity index (χ0v) is 17.2. The van der Waals surface area contributed by atoms with Gasteiger partial charge >= 0.3 is 6.03 Å². The van der Waals surface area contributed by atoms with Gasteiger partial charge in [-0.25, -0.2) is 4.79 Å². The average molecular weight is 395 g/mol. The maximum absolute atomic E-state index is 12.7. The van der Waals surface area contributed by atoms with E-state index in [0.29, 0.717) is 19.6 Å². The Labute approximate surface area is 172 Å². The number of nitrogens with zero attached hydrogens (tertiary/aromatic N) is 2. The van der Waals surface area contributed by atoms with E-state index in [4.69, 9.17) is 0 Å². The predicted octanol–water partition coefficient (Wildman–Crippen LogP) is 3.67. The Hall–Kier alpha value is -3.02. The number of benzene rings is 2. The molecule has 0 saturated carbocycles. The van der Waals surface area contributed by atoms with E-state index < -0.39 is 0 Å². The van der Waals surface area contributed by atoms with Gasteiger partial charge in [-0.2, -0.15) is 0 Å². The van der Waals surface area contributed by atoms with Crippen LogP contribution in [0.2, 0.25) is 0 Å². The summed E-state index contributed by atoms with van der Waals surface area (Å²) < 4.78 is 0. The normalized spacial score (nSPS) is 15.0. The van der Waals surface area contributed by atoms with Crippen molar-refractivity contribution in [2.75, 3.05) is 42.9 Å². The quantitative estimate of drug-likeness (QED) is 0.786. The van der Waals surface area contributed by atoms with Gasteiger partial charge in [0.05, 0.1) is 5.92 Å². The fourth-order valence-corrected chi connectivity index (χ4v) is 3.67.